The summed E-state index contributed by atoms with van der Waals surface area (Å²) in [4.78, 5) is 23.3. The first-order chi connectivity index (χ1) is 9.40. The van der Waals surface area contributed by atoms with Gasteiger partial charge in [0, 0.05) is 0 Å². The molecular weight excluding hydrogens is 305 g/mol. The first kappa shape index (κ1) is 15.1. The minimum Gasteiger partial charge on any atom is -0.478 e. The van der Waals surface area contributed by atoms with Crippen molar-refractivity contribution in [3.05, 3.63) is 27.7 Å². The predicted molar refractivity (Wildman–Crippen MR) is 75.6 cm³/mol. The molecule has 20 heavy (non-hydrogen) atoms. The Labute approximate surface area is 125 Å². The predicted octanol–water partition coefficient (Wildman–Crippen LogP) is 3.06. The molecule has 1 heterocycles. The number of anilines is 1. The van der Waals surface area contributed by atoms with Gasteiger partial charge >= 0.3 is 5.97 Å². The summed E-state index contributed by atoms with van der Waals surface area (Å²) in [6.07, 6.45) is 0.603. The van der Waals surface area contributed by atoms with Crippen LogP contribution >= 0.6 is 23.2 Å². The van der Waals surface area contributed by atoms with Gasteiger partial charge in [-0.2, -0.15) is 0 Å². The zero-order valence-electron chi connectivity index (χ0n) is 10.7. The summed E-state index contributed by atoms with van der Waals surface area (Å²) in [6.45, 7) is 2.19. The summed E-state index contributed by atoms with van der Waals surface area (Å²) in [6, 6.07) is 2.82. The van der Waals surface area contributed by atoms with E-state index in [4.69, 9.17) is 27.9 Å². The minimum atomic E-state index is -1.25. The third-order valence-electron chi connectivity index (χ3n) is 3.13. The van der Waals surface area contributed by atoms with E-state index in [9.17, 15) is 14.7 Å². The van der Waals surface area contributed by atoms with Crippen LogP contribution in [0.15, 0.2) is 12.1 Å². The molecule has 1 aromatic rings. The van der Waals surface area contributed by atoms with Gasteiger partial charge in [0.15, 0.2) is 0 Å². The maximum atomic E-state index is 12.1. The first-order valence-corrected chi connectivity index (χ1v) is 6.79. The van der Waals surface area contributed by atoms with Crippen LogP contribution < -0.4 is 5.32 Å². The van der Waals surface area contributed by atoms with Crippen LogP contribution in [0.4, 0.5) is 5.69 Å². The Balaban J connectivity index is 2.27. The lowest BCUT2D eigenvalue weighted by Crippen LogP contribution is -2.24. The molecule has 1 aliphatic rings. The molecule has 2 atom stereocenters. The Morgan fingerprint density at radius 1 is 1.35 bits per heavy atom. The maximum Gasteiger partial charge on any atom is 0.339 e. The molecule has 1 aliphatic heterocycles. The zero-order valence-corrected chi connectivity index (χ0v) is 12.2. The Bertz CT molecular complexity index is 562. The number of hydrogen-bond acceptors (Lipinski definition) is 3. The second kappa shape index (κ2) is 5.99. The summed E-state index contributed by atoms with van der Waals surface area (Å²) in [5.74, 6) is -1.88. The van der Waals surface area contributed by atoms with Gasteiger partial charge in [-0.3, -0.25) is 4.79 Å². The van der Waals surface area contributed by atoms with Gasteiger partial charge in [0.2, 0.25) is 5.91 Å². The van der Waals surface area contributed by atoms with Crippen molar-refractivity contribution >= 4 is 40.8 Å². The Hall–Kier alpha value is -1.30. The summed E-state index contributed by atoms with van der Waals surface area (Å²) in [5, 5.41) is 11.9. The number of halogens is 2. The second-order valence-corrected chi connectivity index (χ2v) is 5.46. The molecule has 108 valence electrons. The van der Waals surface area contributed by atoms with Crippen LogP contribution in [0.25, 0.3) is 0 Å². The summed E-state index contributed by atoms with van der Waals surface area (Å²) in [5.41, 5.74) is -0.185. The van der Waals surface area contributed by atoms with Crippen molar-refractivity contribution in [2.24, 2.45) is 5.92 Å². The normalized spacial score (nSPS) is 21.8. The highest BCUT2D eigenvalue weighted by Gasteiger charge is 2.30. The van der Waals surface area contributed by atoms with Gasteiger partial charge in [-0.15, -0.1) is 0 Å². The van der Waals surface area contributed by atoms with Crippen molar-refractivity contribution in [3.63, 3.8) is 0 Å². The minimum absolute atomic E-state index is 0.0135. The smallest absolute Gasteiger partial charge is 0.339 e. The lowest BCUT2D eigenvalue weighted by molar-refractivity contribution is -0.119. The number of aromatic carboxylic acids is 1. The number of hydrogen-bond donors (Lipinski definition) is 2. The van der Waals surface area contributed by atoms with E-state index in [1.165, 1.54) is 12.1 Å². The molecule has 1 aromatic carbocycles. The third-order valence-corrected chi connectivity index (χ3v) is 3.76. The fourth-order valence-electron chi connectivity index (χ4n) is 2.11. The second-order valence-electron chi connectivity index (χ2n) is 4.65. The van der Waals surface area contributed by atoms with E-state index in [0.717, 1.165) is 0 Å². The largest absolute Gasteiger partial charge is 0.478 e. The number of carbonyl (C=O) groups is 2. The monoisotopic (exact) mass is 317 g/mol. The maximum absolute atomic E-state index is 12.1. The van der Waals surface area contributed by atoms with Gasteiger partial charge in [-0.25, -0.2) is 4.79 Å². The van der Waals surface area contributed by atoms with Crippen LogP contribution in [0.1, 0.15) is 23.7 Å². The highest BCUT2D eigenvalue weighted by atomic mass is 35.5. The summed E-state index contributed by atoms with van der Waals surface area (Å²) in [7, 11) is 0. The highest BCUT2D eigenvalue weighted by Crippen LogP contribution is 2.33. The lowest BCUT2D eigenvalue weighted by atomic mass is 10.0. The number of rotatable bonds is 3. The topological polar surface area (TPSA) is 75.6 Å². The molecule has 0 aromatic heterocycles. The van der Waals surface area contributed by atoms with Gasteiger partial charge in [-0.05, 0) is 25.5 Å². The molecule has 2 unspecified atom stereocenters. The molecule has 1 amide bonds. The van der Waals surface area contributed by atoms with E-state index < -0.39 is 5.97 Å². The average molecular weight is 318 g/mol. The average Bonchev–Trinajstić information content (AvgIpc) is 2.80. The van der Waals surface area contributed by atoms with E-state index in [2.05, 4.69) is 5.32 Å². The first-order valence-electron chi connectivity index (χ1n) is 6.04. The molecule has 2 N–H and O–H groups in total. The van der Waals surface area contributed by atoms with Gasteiger partial charge in [0.25, 0.3) is 0 Å². The zero-order chi connectivity index (χ0) is 14.9. The van der Waals surface area contributed by atoms with E-state index in [-0.39, 0.29) is 39.2 Å². The van der Waals surface area contributed by atoms with Crippen LogP contribution in [0.3, 0.4) is 0 Å². The van der Waals surface area contributed by atoms with Gasteiger partial charge < -0.3 is 15.2 Å². The number of benzene rings is 1. The molecule has 7 heteroatoms. The van der Waals surface area contributed by atoms with Crippen LogP contribution in [0.2, 0.25) is 10.0 Å². The van der Waals surface area contributed by atoms with Crippen molar-refractivity contribution in [1.82, 2.24) is 0 Å². The number of carbonyl (C=O) groups excluding carboxylic acids is 1. The van der Waals surface area contributed by atoms with Crippen LogP contribution in [-0.4, -0.2) is 29.7 Å². The number of ether oxygens (including phenoxy) is 1. The van der Waals surface area contributed by atoms with Crippen molar-refractivity contribution < 1.29 is 19.4 Å². The molecule has 0 aliphatic carbocycles. The quantitative estimate of drug-likeness (QED) is 0.898. The number of amides is 1. The molecule has 0 radical (unpaired) electrons. The van der Waals surface area contributed by atoms with Crippen LogP contribution in [0, 0.1) is 5.92 Å². The molecule has 2 rings (SSSR count). The fourth-order valence-corrected chi connectivity index (χ4v) is 2.55. The molecule has 0 bridgehead atoms. The third kappa shape index (κ3) is 3.06. The SMILES string of the molecule is CC1CC(C(=O)Nc2c(Cl)ccc(Cl)c2C(=O)O)CO1. The van der Waals surface area contributed by atoms with Crippen molar-refractivity contribution in [1.29, 1.82) is 0 Å². The number of carboxylic acid groups (broad SMARTS) is 1. The van der Waals surface area contributed by atoms with E-state index >= 15 is 0 Å². The van der Waals surface area contributed by atoms with E-state index in [1.54, 1.807) is 0 Å². The molecular formula is C13H13Cl2NO4. The molecule has 1 fully saturated rings. The molecule has 0 saturated carbocycles. The lowest BCUT2D eigenvalue weighted by Gasteiger charge is -2.14. The molecule has 0 spiro atoms. The standard InChI is InChI=1S/C13H13Cl2NO4/c1-6-4-7(5-20-6)12(17)16-11-9(15)3-2-8(14)10(11)13(18)19/h2-3,6-7H,4-5H2,1H3,(H,16,17)(H,18,19). The Kier molecular flexibility index (Phi) is 4.52. The van der Waals surface area contributed by atoms with Crippen molar-refractivity contribution in [2.75, 3.05) is 11.9 Å². The number of nitrogens with one attached hydrogen (secondary N) is 1. The van der Waals surface area contributed by atoms with E-state index in [1.807, 2.05) is 6.92 Å². The van der Waals surface area contributed by atoms with Gasteiger partial charge in [0.05, 0.1) is 34.4 Å². The van der Waals surface area contributed by atoms with Gasteiger partial charge in [-0.1, -0.05) is 23.2 Å². The van der Waals surface area contributed by atoms with Gasteiger partial charge in [0.1, 0.15) is 5.56 Å². The fraction of sp³-hybridized carbons (Fsp3) is 0.385. The summed E-state index contributed by atoms with van der Waals surface area (Å²) >= 11 is 11.8. The summed E-state index contributed by atoms with van der Waals surface area (Å²) < 4.78 is 5.32. The molecule has 1 saturated heterocycles. The van der Waals surface area contributed by atoms with Crippen molar-refractivity contribution in [3.8, 4) is 0 Å². The Morgan fingerprint density at radius 3 is 2.55 bits per heavy atom. The van der Waals surface area contributed by atoms with E-state index in [0.29, 0.717) is 13.0 Å². The Morgan fingerprint density at radius 2 is 2.00 bits per heavy atom. The van der Waals surface area contributed by atoms with Crippen molar-refractivity contribution in [2.45, 2.75) is 19.4 Å². The van der Waals surface area contributed by atoms with Crippen LogP contribution in [0.5, 0.6) is 0 Å². The highest BCUT2D eigenvalue weighted by molar-refractivity contribution is 6.38. The number of carboxylic acids is 1. The molecule has 5 nitrogen and oxygen atoms in total. The van der Waals surface area contributed by atoms with Crippen LogP contribution in [-0.2, 0) is 9.53 Å².